The van der Waals surface area contributed by atoms with E-state index in [1.807, 2.05) is 0 Å². The second-order valence-corrected chi connectivity index (χ2v) is 8.11. The highest BCUT2D eigenvalue weighted by atomic mass is 32.2. The first kappa shape index (κ1) is 22.3. The van der Waals surface area contributed by atoms with Crippen molar-refractivity contribution in [2.75, 3.05) is 12.4 Å². The molecule has 1 aliphatic heterocycles. The summed E-state index contributed by atoms with van der Waals surface area (Å²) in [6, 6.07) is 9.89. The van der Waals surface area contributed by atoms with Gasteiger partial charge in [-0.1, -0.05) is 23.9 Å². The van der Waals surface area contributed by atoms with E-state index in [0.29, 0.717) is 23.3 Å². The van der Waals surface area contributed by atoms with Crippen LogP contribution in [0.5, 0.6) is 0 Å². The normalized spacial score (nSPS) is 16.3. The van der Waals surface area contributed by atoms with E-state index in [1.165, 1.54) is 28.6 Å². The second kappa shape index (κ2) is 9.70. The van der Waals surface area contributed by atoms with Gasteiger partial charge in [-0.2, -0.15) is 13.2 Å². The number of nitrogens with one attached hydrogen (secondary N) is 1. The number of aromatic nitrogens is 4. The number of ether oxygens (including phenoxy) is 1. The lowest BCUT2D eigenvalue weighted by Crippen LogP contribution is -2.25. The van der Waals surface area contributed by atoms with Crippen LogP contribution < -0.4 is 5.32 Å². The fraction of sp³-hybridized carbons (Fsp3) is 0.333. The summed E-state index contributed by atoms with van der Waals surface area (Å²) in [5.41, 5.74) is -0.283. The number of hydrogen-bond acceptors (Lipinski definition) is 6. The maximum absolute atomic E-state index is 13.3. The number of hydrogen-bond donors (Lipinski definition) is 1. The summed E-state index contributed by atoms with van der Waals surface area (Å²) < 4.78 is 47.0. The predicted octanol–water partition coefficient (Wildman–Crippen LogP) is 3.88. The average Bonchev–Trinajstić information content (AvgIpc) is 3.46. The van der Waals surface area contributed by atoms with E-state index in [1.54, 1.807) is 24.3 Å². The molecule has 4 rings (SSSR count). The molecule has 2 aromatic heterocycles. The highest BCUT2D eigenvalue weighted by Crippen LogP contribution is 2.32. The van der Waals surface area contributed by atoms with E-state index < -0.39 is 17.6 Å². The summed E-state index contributed by atoms with van der Waals surface area (Å²) in [6.07, 6.45) is -1.00. The third-order valence-electron chi connectivity index (χ3n) is 4.86. The van der Waals surface area contributed by atoms with Crippen LogP contribution in [0.4, 0.5) is 13.2 Å². The number of benzene rings is 1. The van der Waals surface area contributed by atoms with E-state index >= 15 is 0 Å². The Bertz CT molecular complexity index is 1070. The number of halogens is 3. The summed E-state index contributed by atoms with van der Waals surface area (Å²) >= 11 is 1.36. The van der Waals surface area contributed by atoms with Crippen molar-refractivity contribution >= 4 is 17.7 Å². The fourth-order valence-electron chi connectivity index (χ4n) is 3.28. The van der Waals surface area contributed by atoms with Crippen molar-refractivity contribution < 1.29 is 22.7 Å². The molecule has 1 aliphatic rings. The lowest BCUT2D eigenvalue weighted by atomic mass is 10.2. The topological polar surface area (TPSA) is 81.9 Å². The maximum Gasteiger partial charge on any atom is 0.416 e. The van der Waals surface area contributed by atoms with Gasteiger partial charge in [-0.15, -0.1) is 10.2 Å². The molecule has 1 atom stereocenters. The monoisotopic (exact) mass is 463 g/mol. The number of alkyl halides is 3. The Labute approximate surface area is 186 Å². The lowest BCUT2D eigenvalue weighted by molar-refractivity contribution is -0.137. The highest BCUT2D eigenvalue weighted by molar-refractivity contribution is 7.99. The van der Waals surface area contributed by atoms with Crippen LogP contribution in [-0.2, 0) is 17.5 Å². The fourth-order valence-corrected chi connectivity index (χ4v) is 4.32. The third-order valence-corrected chi connectivity index (χ3v) is 5.92. The molecule has 0 aliphatic carbocycles. The summed E-state index contributed by atoms with van der Waals surface area (Å²) in [5, 5.41) is 11.4. The Kier molecular flexibility index (Phi) is 6.75. The van der Waals surface area contributed by atoms with Gasteiger partial charge in [0.05, 0.1) is 23.9 Å². The van der Waals surface area contributed by atoms with Gasteiger partial charge in [0.2, 0.25) is 0 Å². The van der Waals surface area contributed by atoms with Gasteiger partial charge in [0.15, 0.2) is 11.0 Å². The molecular weight excluding hydrogens is 443 g/mol. The molecular formula is C21H20F3N5O2S. The molecule has 1 saturated heterocycles. The summed E-state index contributed by atoms with van der Waals surface area (Å²) in [4.78, 5) is 16.3. The Hall–Kier alpha value is -2.92. The van der Waals surface area contributed by atoms with Crippen LogP contribution in [0.3, 0.4) is 0 Å². The Balaban J connectivity index is 1.60. The molecule has 11 heteroatoms. The van der Waals surface area contributed by atoms with Gasteiger partial charge in [-0.25, -0.2) is 0 Å². The Morgan fingerprint density at radius 2 is 2.09 bits per heavy atom. The van der Waals surface area contributed by atoms with Crippen LogP contribution in [0.25, 0.3) is 5.69 Å². The summed E-state index contributed by atoms with van der Waals surface area (Å²) in [5.74, 6) is 0.499. The maximum atomic E-state index is 13.3. The second-order valence-electron chi connectivity index (χ2n) is 7.13. The first-order valence-electron chi connectivity index (χ1n) is 9.97. The Morgan fingerprint density at radius 3 is 2.81 bits per heavy atom. The number of thioether (sulfide) groups is 1. The smallest absolute Gasteiger partial charge is 0.377 e. The molecule has 1 unspecified atom stereocenters. The first-order valence-corrected chi connectivity index (χ1v) is 11.0. The molecule has 1 fully saturated rings. The van der Waals surface area contributed by atoms with Crippen molar-refractivity contribution in [1.29, 1.82) is 0 Å². The molecule has 7 nitrogen and oxygen atoms in total. The molecule has 0 saturated carbocycles. The van der Waals surface area contributed by atoms with E-state index in [0.717, 1.165) is 25.0 Å². The predicted molar refractivity (Wildman–Crippen MR) is 111 cm³/mol. The van der Waals surface area contributed by atoms with Crippen molar-refractivity contribution in [3.63, 3.8) is 0 Å². The van der Waals surface area contributed by atoms with Gasteiger partial charge in [0, 0.05) is 18.6 Å². The van der Waals surface area contributed by atoms with Crippen molar-refractivity contribution in [3.05, 3.63) is 65.7 Å². The largest absolute Gasteiger partial charge is 0.416 e. The van der Waals surface area contributed by atoms with Gasteiger partial charge in [0.1, 0.15) is 5.69 Å². The molecule has 1 N–H and O–H groups in total. The van der Waals surface area contributed by atoms with E-state index in [9.17, 15) is 18.0 Å². The minimum absolute atomic E-state index is 0.0286. The van der Waals surface area contributed by atoms with Gasteiger partial charge < -0.3 is 10.1 Å². The van der Waals surface area contributed by atoms with Gasteiger partial charge in [0.25, 0.3) is 5.91 Å². The van der Waals surface area contributed by atoms with E-state index in [2.05, 4.69) is 20.5 Å². The molecule has 3 heterocycles. The van der Waals surface area contributed by atoms with Gasteiger partial charge >= 0.3 is 6.18 Å². The molecule has 168 valence electrons. The van der Waals surface area contributed by atoms with Crippen LogP contribution >= 0.6 is 11.8 Å². The third kappa shape index (κ3) is 5.28. The zero-order chi connectivity index (χ0) is 22.6. The molecule has 0 spiro atoms. The summed E-state index contributed by atoms with van der Waals surface area (Å²) in [6.45, 7) is 0.676. The number of carbonyl (C=O) groups is 1. The number of amides is 1. The minimum atomic E-state index is -4.48. The quantitative estimate of drug-likeness (QED) is 0.536. The van der Waals surface area contributed by atoms with Crippen LogP contribution in [-0.4, -0.2) is 44.1 Å². The minimum Gasteiger partial charge on any atom is -0.377 e. The number of carbonyl (C=O) groups excluding carboxylic acids is 1. The van der Waals surface area contributed by atoms with Crippen molar-refractivity contribution in [2.24, 2.45) is 0 Å². The molecule has 1 aromatic carbocycles. The van der Waals surface area contributed by atoms with Crippen LogP contribution in [0, 0.1) is 0 Å². The summed E-state index contributed by atoms with van der Waals surface area (Å²) in [7, 11) is 0. The molecule has 3 aromatic rings. The van der Waals surface area contributed by atoms with Crippen molar-refractivity contribution in [2.45, 2.75) is 36.8 Å². The SMILES string of the molecule is O=C(NCc1nnc(SCC2CCCO2)n1-c1cccc(C(F)(F)F)c1)c1ccccn1. The Morgan fingerprint density at radius 1 is 1.22 bits per heavy atom. The van der Waals surface area contributed by atoms with Crippen molar-refractivity contribution in [1.82, 2.24) is 25.1 Å². The molecule has 0 bridgehead atoms. The van der Waals surface area contributed by atoms with Gasteiger partial charge in [-0.05, 0) is 43.2 Å². The molecule has 0 radical (unpaired) electrons. The highest BCUT2D eigenvalue weighted by Gasteiger charge is 2.31. The lowest BCUT2D eigenvalue weighted by Gasteiger charge is -2.14. The van der Waals surface area contributed by atoms with E-state index in [4.69, 9.17) is 4.74 Å². The zero-order valence-corrected chi connectivity index (χ0v) is 17.7. The zero-order valence-electron chi connectivity index (χ0n) is 16.9. The van der Waals surface area contributed by atoms with Crippen LogP contribution in [0.1, 0.15) is 34.7 Å². The van der Waals surface area contributed by atoms with Crippen LogP contribution in [0.15, 0.2) is 53.8 Å². The first-order chi connectivity index (χ1) is 15.4. The number of nitrogens with zero attached hydrogens (tertiary/aromatic N) is 4. The van der Waals surface area contributed by atoms with Gasteiger partial charge in [-0.3, -0.25) is 14.3 Å². The van der Waals surface area contributed by atoms with Crippen LogP contribution in [0.2, 0.25) is 0 Å². The molecule has 32 heavy (non-hydrogen) atoms. The standard InChI is InChI=1S/C21H20F3N5O2S/c22-21(23,24)14-5-3-6-15(11-14)29-18(12-26-19(30)17-8-1-2-9-25-17)27-28-20(29)32-13-16-7-4-10-31-16/h1-3,5-6,8-9,11,16H,4,7,10,12-13H2,(H,26,30). The van der Waals surface area contributed by atoms with Crippen molar-refractivity contribution in [3.8, 4) is 5.69 Å². The molecule has 1 amide bonds. The number of rotatable bonds is 7. The van der Waals surface area contributed by atoms with E-state index in [-0.39, 0.29) is 24.0 Å². The number of pyridine rings is 1. The average molecular weight is 463 g/mol.